The van der Waals surface area contributed by atoms with E-state index in [9.17, 15) is 5.11 Å². The molecule has 2 N–H and O–H groups in total. The number of nitrogens with one attached hydrogen (secondary N) is 1. The molecule has 2 nitrogen and oxygen atoms in total. The van der Waals surface area contributed by atoms with Crippen molar-refractivity contribution in [2.45, 2.75) is 31.8 Å². The van der Waals surface area contributed by atoms with Crippen LogP contribution in [0.5, 0.6) is 0 Å². The lowest BCUT2D eigenvalue weighted by Gasteiger charge is -2.22. The number of thioether (sulfide) groups is 1. The summed E-state index contributed by atoms with van der Waals surface area (Å²) in [4.78, 5) is 0. The van der Waals surface area contributed by atoms with Crippen molar-refractivity contribution in [2.24, 2.45) is 5.92 Å². The molecule has 0 aromatic rings. The van der Waals surface area contributed by atoms with Crippen molar-refractivity contribution in [1.29, 1.82) is 0 Å². The molecule has 13 heavy (non-hydrogen) atoms. The molecule has 3 heteroatoms. The molecule has 1 unspecified atom stereocenters. The lowest BCUT2D eigenvalue weighted by Crippen LogP contribution is -2.40. The van der Waals surface area contributed by atoms with E-state index in [2.05, 4.69) is 5.32 Å². The van der Waals surface area contributed by atoms with Crippen LogP contribution in [0.4, 0.5) is 0 Å². The number of rotatable bonds is 7. The highest BCUT2D eigenvalue weighted by atomic mass is 32.2. The van der Waals surface area contributed by atoms with Crippen LogP contribution in [-0.2, 0) is 0 Å². The Bertz CT molecular complexity index is 146. The number of hydrogen-bond donors (Lipinski definition) is 2. The van der Waals surface area contributed by atoms with Crippen LogP contribution in [0.15, 0.2) is 0 Å². The minimum absolute atomic E-state index is 0.539. The summed E-state index contributed by atoms with van der Waals surface area (Å²) in [6.45, 7) is 3.68. The minimum Gasteiger partial charge on any atom is -0.388 e. The molecule has 1 rings (SSSR count). The maximum absolute atomic E-state index is 9.81. The first-order valence-electron chi connectivity index (χ1n) is 5.06. The van der Waals surface area contributed by atoms with Gasteiger partial charge in [-0.25, -0.2) is 0 Å². The van der Waals surface area contributed by atoms with Crippen LogP contribution in [0.3, 0.4) is 0 Å². The van der Waals surface area contributed by atoms with Crippen molar-refractivity contribution in [1.82, 2.24) is 5.32 Å². The van der Waals surface area contributed by atoms with Crippen molar-refractivity contribution in [3.05, 3.63) is 0 Å². The van der Waals surface area contributed by atoms with Crippen molar-refractivity contribution >= 4 is 11.8 Å². The highest BCUT2D eigenvalue weighted by Crippen LogP contribution is 2.31. The number of hydrogen-bond acceptors (Lipinski definition) is 3. The Morgan fingerprint density at radius 3 is 2.77 bits per heavy atom. The van der Waals surface area contributed by atoms with Crippen LogP contribution >= 0.6 is 11.8 Å². The van der Waals surface area contributed by atoms with E-state index < -0.39 is 5.60 Å². The molecule has 0 bridgehead atoms. The first-order valence-corrected chi connectivity index (χ1v) is 6.45. The normalized spacial score (nSPS) is 21.5. The molecular formula is C10H21NOS. The van der Waals surface area contributed by atoms with Gasteiger partial charge in [-0.05, 0) is 32.1 Å². The summed E-state index contributed by atoms with van der Waals surface area (Å²) in [5, 5.41) is 13.1. The molecular weight excluding hydrogens is 182 g/mol. The lowest BCUT2D eigenvalue weighted by atomic mass is 10.1. The van der Waals surface area contributed by atoms with Gasteiger partial charge in [0.2, 0.25) is 0 Å². The molecule has 1 aliphatic rings. The van der Waals surface area contributed by atoms with Crippen LogP contribution in [0, 0.1) is 5.92 Å². The maximum Gasteiger partial charge on any atom is 0.0833 e. The zero-order valence-corrected chi connectivity index (χ0v) is 9.49. The summed E-state index contributed by atoms with van der Waals surface area (Å²) < 4.78 is 0. The van der Waals surface area contributed by atoms with E-state index in [-0.39, 0.29) is 0 Å². The number of aliphatic hydroxyl groups is 1. The predicted molar refractivity (Wildman–Crippen MR) is 59.2 cm³/mol. The van der Waals surface area contributed by atoms with Crippen LogP contribution in [0.2, 0.25) is 0 Å². The Labute approximate surface area is 85.5 Å². The van der Waals surface area contributed by atoms with Gasteiger partial charge in [-0.1, -0.05) is 12.8 Å². The molecule has 1 fully saturated rings. The minimum atomic E-state index is -0.539. The molecule has 1 saturated carbocycles. The van der Waals surface area contributed by atoms with Gasteiger partial charge in [0.1, 0.15) is 0 Å². The standard InChI is InChI=1S/C10H21NOS/c1-10(12,8-13-2)7-11-6-5-9-3-4-9/h9,11-12H,3-8H2,1-2H3. The third kappa shape index (κ3) is 5.55. The van der Waals surface area contributed by atoms with Gasteiger partial charge in [0.15, 0.2) is 0 Å². The van der Waals surface area contributed by atoms with E-state index in [1.54, 1.807) is 11.8 Å². The van der Waals surface area contributed by atoms with E-state index in [1.165, 1.54) is 19.3 Å². The molecule has 0 aliphatic heterocycles. The summed E-state index contributed by atoms with van der Waals surface area (Å²) in [6.07, 6.45) is 6.15. The average molecular weight is 203 g/mol. The predicted octanol–water partition coefficient (Wildman–Crippen LogP) is 1.49. The molecule has 0 aromatic carbocycles. The van der Waals surface area contributed by atoms with E-state index in [0.717, 1.165) is 24.8 Å². The molecule has 0 saturated heterocycles. The molecule has 0 aromatic heterocycles. The fraction of sp³-hybridized carbons (Fsp3) is 1.00. The summed E-state index contributed by atoms with van der Waals surface area (Å²) in [5.41, 5.74) is -0.539. The van der Waals surface area contributed by atoms with Gasteiger partial charge in [0.05, 0.1) is 5.60 Å². The molecule has 0 spiro atoms. The van der Waals surface area contributed by atoms with E-state index in [1.807, 2.05) is 13.2 Å². The van der Waals surface area contributed by atoms with Crippen LogP contribution in [0.1, 0.15) is 26.2 Å². The Balaban J connectivity index is 1.95. The molecule has 1 aliphatic carbocycles. The largest absolute Gasteiger partial charge is 0.388 e. The Hall–Kier alpha value is 0.270. The van der Waals surface area contributed by atoms with Gasteiger partial charge in [-0.2, -0.15) is 11.8 Å². The van der Waals surface area contributed by atoms with Crippen LogP contribution < -0.4 is 5.32 Å². The second-order valence-electron chi connectivity index (χ2n) is 4.34. The maximum atomic E-state index is 9.81. The summed E-state index contributed by atoms with van der Waals surface area (Å²) in [7, 11) is 0. The molecule has 78 valence electrons. The van der Waals surface area contributed by atoms with Crippen molar-refractivity contribution in [3.63, 3.8) is 0 Å². The van der Waals surface area contributed by atoms with Crippen LogP contribution in [0.25, 0.3) is 0 Å². The van der Waals surface area contributed by atoms with Gasteiger partial charge in [-0.3, -0.25) is 0 Å². The SMILES string of the molecule is CSCC(C)(O)CNCCC1CC1. The third-order valence-electron chi connectivity index (χ3n) is 2.39. The fourth-order valence-electron chi connectivity index (χ4n) is 1.43. The molecule has 0 radical (unpaired) electrons. The van der Waals surface area contributed by atoms with E-state index in [4.69, 9.17) is 0 Å². The van der Waals surface area contributed by atoms with Gasteiger partial charge < -0.3 is 10.4 Å². The van der Waals surface area contributed by atoms with Crippen molar-refractivity contribution < 1.29 is 5.11 Å². The lowest BCUT2D eigenvalue weighted by molar-refractivity contribution is 0.0849. The summed E-state index contributed by atoms with van der Waals surface area (Å²) in [5.74, 6) is 1.79. The van der Waals surface area contributed by atoms with E-state index >= 15 is 0 Å². The second-order valence-corrected chi connectivity index (χ2v) is 5.20. The summed E-state index contributed by atoms with van der Waals surface area (Å²) in [6, 6.07) is 0. The van der Waals surface area contributed by atoms with Crippen LogP contribution in [-0.4, -0.2) is 35.8 Å². The molecule has 0 heterocycles. The first-order chi connectivity index (χ1) is 6.14. The highest BCUT2D eigenvalue weighted by Gasteiger charge is 2.22. The topological polar surface area (TPSA) is 32.3 Å². The van der Waals surface area contributed by atoms with Gasteiger partial charge >= 0.3 is 0 Å². The first kappa shape index (κ1) is 11.3. The molecule has 0 amide bonds. The molecule has 1 atom stereocenters. The zero-order chi connectivity index (χ0) is 9.73. The third-order valence-corrected chi connectivity index (χ3v) is 3.30. The Kier molecular flexibility index (Phi) is 4.56. The smallest absolute Gasteiger partial charge is 0.0833 e. The summed E-state index contributed by atoms with van der Waals surface area (Å²) >= 11 is 1.70. The monoisotopic (exact) mass is 203 g/mol. The van der Waals surface area contributed by atoms with Gasteiger partial charge in [0.25, 0.3) is 0 Å². The highest BCUT2D eigenvalue weighted by molar-refractivity contribution is 7.98. The van der Waals surface area contributed by atoms with Crippen molar-refractivity contribution in [2.75, 3.05) is 25.1 Å². The van der Waals surface area contributed by atoms with Crippen molar-refractivity contribution in [3.8, 4) is 0 Å². The van der Waals surface area contributed by atoms with E-state index in [0.29, 0.717) is 0 Å². The Morgan fingerprint density at radius 1 is 1.54 bits per heavy atom. The Morgan fingerprint density at radius 2 is 2.23 bits per heavy atom. The zero-order valence-electron chi connectivity index (χ0n) is 8.68. The second kappa shape index (κ2) is 5.23. The average Bonchev–Trinajstić information content (AvgIpc) is 2.81. The fourth-order valence-corrected chi connectivity index (χ4v) is 2.16. The quantitative estimate of drug-likeness (QED) is 0.615. The van der Waals surface area contributed by atoms with Gasteiger partial charge in [0, 0.05) is 12.3 Å². The van der Waals surface area contributed by atoms with Gasteiger partial charge in [-0.15, -0.1) is 0 Å².